The van der Waals surface area contributed by atoms with Crippen LogP contribution in [0.4, 0.5) is 0 Å². The summed E-state index contributed by atoms with van der Waals surface area (Å²) >= 11 is 1.65. The number of piperidine rings is 1. The predicted octanol–water partition coefficient (Wildman–Crippen LogP) is 3.55. The van der Waals surface area contributed by atoms with Gasteiger partial charge in [0.05, 0.1) is 25.0 Å². The third-order valence-corrected chi connectivity index (χ3v) is 5.56. The van der Waals surface area contributed by atoms with Crippen LogP contribution < -0.4 is 4.74 Å². The van der Waals surface area contributed by atoms with Crippen LogP contribution in [-0.2, 0) is 6.54 Å². The molecule has 1 aliphatic heterocycles. The maximum absolute atomic E-state index is 9.63. The van der Waals surface area contributed by atoms with Gasteiger partial charge in [-0.3, -0.25) is 4.90 Å². The zero-order valence-electron chi connectivity index (χ0n) is 13.7. The van der Waals surface area contributed by atoms with Crippen molar-refractivity contribution in [2.45, 2.75) is 44.8 Å². The fraction of sp³-hybridized carbons (Fsp3) is 0.500. The van der Waals surface area contributed by atoms with Crippen LogP contribution in [0, 0.1) is 0 Å². The van der Waals surface area contributed by atoms with E-state index >= 15 is 0 Å². The van der Waals surface area contributed by atoms with E-state index in [-0.39, 0.29) is 12.6 Å². The van der Waals surface area contributed by atoms with Gasteiger partial charge in [0, 0.05) is 24.0 Å². The number of nitrogens with zero attached hydrogens (tertiary/aromatic N) is 2. The SMILES string of the molecule is COc1ccccc1-c1nc(CN2C(C)CCCC2CO)cs1. The number of likely N-dealkylation sites (tertiary alicyclic amines) is 1. The lowest BCUT2D eigenvalue weighted by molar-refractivity contribution is 0.0443. The van der Waals surface area contributed by atoms with E-state index < -0.39 is 0 Å². The van der Waals surface area contributed by atoms with Gasteiger partial charge in [0.15, 0.2) is 0 Å². The third kappa shape index (κ3) is 3.57. The van der Waals surface area contributed by atoms with Crippen LogP contribution in [0.15, 0.2) is 29.6 Å². The molecule has 23 heavy (non-hydrogen) atoms. The van der Waals surface area contributed by atoms with E-state index in [4.69, 9.17) is 9.72 Å². The van der Waals surface area contributed by atoms with E-state index in [0.717, 1.165) is 35.0 Å². The van der Waals surface area contributed by atoms with Crippen LogP contribution in [0.1, 0.15) is 31.9 Å². The van der Waals surface area contributed by atoms with E-state index in [0.29, 0.717) is 6.04 Å². The van der Waals surface area contributed by atoms with Gasteiger partial charge in [0.2, 0.25) is 0 Å². The van der Waals surface area contributed by atoms with E-state index in [1.807, 2.05) is 24.3 Å². The third-order valence-electron chi connectivity index (χ3n) is 4.64. The summed E-state index contributed by atoms with van der Waals surface area (Å²) in [4.78, 5) is 7.20. The van der Waals surface area contributed by atoms with E-state index in [1.165, 1.54) is 12.8 Å². The first-order chi connectivity index (χ1) is 11.2. The second-order valence-electron chi connectivity index (χ2n) is 6.13. The molecule has 2 unspecified atom stereocenters. The van der Waals surface area contributed by atoms with Crippen molar-refractivity contribution in [3.63, 3.8) is 0 Å². The van der Waals surface area contributed by atoms with Crippen LogP contribution >= 0.6 is 11.3 Å². The Morgan fingerprint density at radius 2 is 2.17 bits per heavy atom. The molecular weight excluding hydrogens is 308 g/mol. The topological polar surface area (TPSA) is 45.6 Å². The second-order valence-corrected chi connectivity index (χ2v) is 6.99. The first-order valence-corrected chi connectivity index (χ1v) is 9.05. The van der Waals surface area contributed by atoms with Crippen molar-refractivity contribution in [3.8, 4) is 16.3 Å². The van der Waals surface area contributed by atoms with E-state index in [9.17, 15) is 5.11 Å². The van der Waals surface area contributed by atoms with Gasteiger partial charge in [-0.25, -0.2) is 4.98 Å². The smallest absolute Gasteiger partial charge is 0.129 e. The highest BCUT2D eigenvalue weighted by atomic mass is 32.1. The number of benzene rings is 1. The van der Waals surface area contributed by atoms with Crippen LogP contribution in [0.3, 0.4) is 0 Å². The predicted molar refractivity (Wildman–Crippen MR) is 93.8 cm³/mol. The molecule has 1 aromatic heterocycles. The summed E-state index contributed by atoms with van der Waals surface area (Å²) in [5, 5.41) is 12.7. The Labute approximate surface area is 141 Å². The number of aliphatic hydroxyl groups excluding tert-OH is 1. The summed E-state index contributed by atoms with van der Waals surface area (Å²) in [6, 6.07) is 8.74. The van der Waals surface area contributed by atoms with Crippen molar-refractivity contribution in [3.05, 3.63) is 35.3 Å². The summed E-state index contributed by atoms with van der Waals surface area (Å²) in [6.45, 7) is 3.28. The van der Waals surface area contributed by atoms with Gasteiger partial charge in [0.25, 0.3) is 0 Å². The molecule has 0 spiro atoms. The highest BCUT2D eigenvalue weighted by Crippen LogP contribution is 2.33. The molecule has 2 atom stereocenters. The lowest BCUT2D eigenvalue weighted by Gasteiger charge is -2.39. The van der Waals surface area contributed by atoms with Gasteiger partial charge in [-0.05, 0) is 31.9 Å². The molecular formula is C18H24N2O2S. The summed E-state index contributed by atoms with van der Waals surface area (Å²) in [5.41, 5.74) is 2.11. The minimum absolute atomic E-state index is 0.230. The second kappa shape index (κ2) is 7.43. The normalized spacial score (nSPS) is 22.2. The molecule has 1 N–H and O–H groups in total. The summed E-state index contributed by atoms with van der Waals surface area (Å²) < 4.78 is 5.43. The van der Waals surface area contributed by atoms with Crippen molar-refractivity contribution in [2.75, 3.05) is 13.7 Å². The Hall–Kier alpha value is -1.43. The fourth-order valence-corrected chi connectivity index (χ4v) is 4.17. The van der Waals surface area contributed by atoms with Gasteiger partial charge in [-0.15, -0.1) is 11.3 Å². The Morgan fingerprint density at radius 1 is 1.35 bits per heavy atom. The number of ether oxygens (including phenoxy) is 1. The number of thiazole rings is 1. The van der Waals surface area contributed by atoms with Gasteiger partial charge in [0.1, 0.15) is 10.8 Å². The van der Waals surface area contributed by atoms with Crippen molar-refractivity contribution in [2.24, 2.45) is 0 Å². The Balaban J connectivity index is 1.79. The Kier molecular flexibility index (Phi) is 5.30. The average molecular weight is 332 g/mol. The number of para-hydroxylation sites is 1. The standard InChI is InChI=1S/C18H24N2O2S/c1-13-6-5-7-15(11-21)20(13)10-14-12-23-18(19-14)16-8-3-4-9-17(16)22-2/h3-4,8-9,12-13,15,21H,5-7,10-11H2,1-2H3. The molecule has 1 fully saturated rings. The highest BCUT2D eigenvalue weighted by Gasteiger charge is 2.27. The number of hydrogen-bond acceptors (Lipinski definition) is 5. The van der Waals surface area contributed by atoms with Crippen molar-refractivity contribution in [1.82, 2.24) is 9.88 Å². The van der Waals surface area contributed by atoms with Crippen molar-refractivity contribution >= 4 is 11.3 Å². The lowest BCUT2D eigenvalue weighted by Crippen LogP contribution is -2.46. The average Bonchev–Trinajstić information content (AvgIpc) is 3.05. The van der Waals surface area contributed by atoms with Crippen LogP contribution in [0.25, 0.3) is 10.6 Å². The molecule has 124 valence electrons. The molecule has 0 saturated carbocycles. The molecule has 3 rings (SSSR count). The van der Waals surface area contributed by atoms with Gasteiger partial charge < -0.3 is 9.84 Å². The molecule has 5 heteroatoms. The number of methoxy groups -OCH3 is 1. The van der Waals surface area contributed by atoms with Crippen molar-refractivity contribution in [1.29, 1.82) is 0 Å². The molecule has 0 radical (unpaired) electrons. The van der Waals surface area contributed by atoms with Crippen LogP contribution in [0.5, 0.6) is 5.75 Å². The first kappa shape index (κ1) is 16.4. The molecule has 1 saturated heterocycles. The van der Waals surface area contributed by atoms with Gasteiger partial charge in [-0.1, -0.05) is 18.6 Å². The van der Waals surface area contributed by atoms with Crippen LogP contribution in [0.2, 0.25) is 0 Å². The molecule has 0 aliphatic carbocycles. The molecule has 1 aromatic carbocycles. The van der Waals surface area contributed by atoms with Crippen molar-refractivity contribution < 1.29 is 9.84 Å². The largest absolute Gasteiger partial charge is 0.496 e. The first-order valence-electron chi connectivity index (χ1n) is 8.17. The zero-order chi connectivity index (χ0) is 16.2. The number of aliphatic hydroxyl groups is 1. The molecule has 0 amide bonds. The number of aromatic nitrogens is 1. The molecule has 1 aliphatic rings. The van der Waals surface area contributed by atoms with E-state index in [2.05, 4.69) is 17.2 Å². The molecule has 2 aromatic rings. The molecule has 4 nitrogen and oxygen atoms in total. The lowest BCUT2D eigenvalue weighted by atomic mass is 9.97. The Bertz CT molecular complexity index is 643. The maximum Gasteiger partial charge on any atom is 0.129 e. The van der Waals surface area contributed by atoms with E-state index in [1.54, 1.807) is 18.4 Å². The quantitative estimate of drug-likeness (QED) is 0.909. The monoisotopic (exact) mass is 332 g/mol. The van der Waals surface area contributed by atoms with Gasteiger partial charge >= 0.3 is 0 Å². The summed E-state index contributed by atoms with van der Waals surface area (Å²) in [7, 11) is 1.69. The maximum atomic E-state index is 9.63. The summed E-state index contributed by atoms with van der Waals surface area (Å²) in [5.74, 6) is 0.855. The minimum Gasteiger partial charge on any atom is -0.496 e. The number of hydrogen-bond donors (Lipinski definition) is 1. The Morgan fingerprint density at radius 3 is 2.96 bits per heavy atom. The molecule has 2 heterocycles. The number of rotatable bonds is 5. The minimum atomic E-state index is 0.230. The summed E-state index contributed by atoms with van der Waals surface area (Å²) in [6.07, 6.45) is 3.47. The van der Waals surface area contributed by atoms with Crippen LogP contribution in [-0.4, -0.2) is 40.8 Å². The fourth-order valence-electron chi connectivity index (χ4n) is 3.33. The van der Waals surface area contributed by atoms with Gasteiger partial charge in [-0.2, -0.15) is 0 Å². The molecule has 0 bridgehead atoms. The highest BCUT2D eigenvalue weighted by molar-refractivity contribution is 7.13. The zero-order valence-corrected chi connectivity index (χ0v) is 14.6.